The van der Waals surface area contributed by atoms with Crippen LogP contribution in [0.1, 0.15) is 32.1 Å². The van der Waals surface area contributed by atoms with Crippen molar-refractivity contribution < 1.29 is 18.3 Å². The van der Waals surface area contributed by atoms with Gasteiger partial charge in [-0.2, -0.15) is 0 Å². The summed E-state index contributed by atoms with van der Waals surface area (Å²) >= 11 is 3.54. The predicted octanol–water partition coefficient (Wildman–Crippen LogP) is 2.48. The van der Waals surface area contributed by atoms with Crippen LogP contribution in [0.3, 0.4) is 0 Å². The van der Waals surface area contributed by atoms with Crippen molar-refractivity contribution in [3.05, 3.63) is 0 Å². The highest BCUT2D eigenvalue weighted by Crippen LogP contribution is 2.24. The first-order valence-corrected chi connectivity index (χ1v) is 6.79. The van der Waals surface area contributed by atoms with Crippen LogP contribution in [-0.4, -0.2) is 36.4 Å². The lowest BCUT2D eigenvalue weighted by Gasteiger charge is -2.26. The number of alkyl halides is 3. The Morgan fingerprint density at radius 1 is 1.35 bits per heavy atom. The zero-order valence-corrected chi connectivity index (χ0v) is 11.2. The van der Waals surface area contributed by atoms with Crippen molar-refractivity contribution in [2.24, 2.45) is 0 Å². The van der Waals surface area contributed by atoms with Gasteiger partial charge in [0.25, 0.3) is 6.43 Å². The Morgan fingerprint density at radius 3 is 2.59 bits per heavy atom. The molecule has 0 bridgehead atoms. The zero-order valence-electron chi connectivity index (χ0n) is 9.63. The maximum atomic E-state index is 11.7. The molecule has 0 aromatic carbocycles. The molecule has 1 aliphatic rings. The minimum absolute atomic E-state index is 0.0595. The van der Waals surface area contributed by atoms with Gasteiger partial charge in [0.15, 0.2) is 0 Å². The van der Waals surface area contributed by atoms with Gasteiger partial charge >= 0.3 is 0 Å². The van der Waals surface area contributed by atoms with Crippen molar-refractivity contribution in [1.82, 2.24) is 5.32 Å². The van der Waals surface area contributed by atoms with Gasteiger partial charge in [0.2, 0.25) is 5.91 Å². The molecule has 0 radical (unpaired) electrons. The standard InChI is InChI=1S/C11H18BrF2NO2/c12-8-1-3-9(4-2-8)15-11(16)5-6-17-7-10(13)14/h8-10H,1-7H2,(H,15,16). The topological polar surface area (TPSA) is 38.3 Å². The Bertz CT molecular complexity index is 234. The van der Waals surface area contributed by atoms with E-state index < -0.39 is 13.0 Å². The zero-order chi connectivity index (χ0) is 12.7. The minimum atomic E-state index is -2.47. The highest BCUT2D eigenvalue weighted by Gasteiger charge is 2.20. The van der Waals surface area contributed by atoms with Gasteiger partial charge in [0.05, 0.1) is 6.61 Å². The summed E-state index contributed by atoms with van der Waals surface area (Å²) in [5, 5.41) is 2.90. The maximum absolute atomic E-state index is 11.7. The lowest BCUT2D eigenvalue weighted by molar-refractivity contribution is -0.123. The van der Waals surface area contributed by atoms with Crippen LogP contribution in [0.25, 0.3) is 0 Å². The fourth-order valence-electron chi connectivity index (χ4n) is 1.83. The van der Waals surface area contributed by atoms with Crippen molar-refractivity contribution in [1.29, 1.82) is 0 Å². The van der Waals surface area contributed by atoms with Gasteiger partial charge in [-0.25, -0.2) is 8.78 Å². The van der Waals surface area contributed by atoms with E-state index in [4.69, 9.17) is 0 Å². The van der Waals surface area contributed by atoms with Crippen LogP contribution in [-0.2, 0) is 9.53 Å². The minimum Gasteiger partial charge on any atom is -0.375 e. The normalized spacial score (nSPS) is 24.9. The summed E-state index contributed by atoms with van der Waals surface area (Å²) in [7, 11) is 0. The van der Waals surface area contributed by atoms with Crippen LogP contribution < -0.4 is 5.32 Å². The summed E-state index contributed by atoms with van der Waals surface area (Å²) in [5.41, 5.74) is 0. The molecule has 1 amide bonds. The largest absolute Gasteiger partial charge is 0.375 e. The Hall–Kier alpha value is -0.230. The number of hydrogen-bond donors (Lipinski definition) is 1. The SMILES string of the molecule is O=C(CCOCC(F)F)NC1CCC(Br)CC1. The molecular formula is C11H18BrF2NO2. The second-order valence-corrected chi connectivity index (χ2v) is 5.53. The van der Waals surface area contributed by atoms with Gasteiger partial charge in [-0.1, -0.05) is 15.9 Å². The van der Waals surface area contributed by atoms with E-state index in [0.717, 1.165) is 25.7 Å². The molecule has 1 N–H and O–H groups in total. The second-order valence-electron chi connectivity index (χ2n) is 4.23. The molecule has 0 saturated heterocycles. The second kappa shape index (κ2) is 7.97. The molecule has 0 atom stereocenters. The quantitative estimate of drug-likeness (QED) is 0.604. The molecule has 0 aromatic heterocycles. The fraction of sp³-hybridized carbons (Fsp3) is 0.909. The van der Waals surface area contributed by atoms with Crippen molar-refractivity contribution in [2.75, 3.05) is 13.2 Å². The fourth-order valence-corrected chi connectivity index (χ4v) is 2.36. The van der Waals surface area contributed by atoms with Crippen molar-refractivity contribution in [2.45, 2.75) is 49.4 Å². The highest BCUT2D eigenvalue weighted by atomic mass is 79.9. The predicted molar refractivity (Wildman–Crippen MR) is 64.6 cm³/mol. The molecule has 1 saturated carbocycles. The van der Waals surface area contributed by atoms with Gasteiger partial charge in [0.1, 0.15) is 6.61 Å². The van der Waals surface area contributed by atoms with Crippen molar-refractivity contribution >= 4 is 21.8 Å². The van der Waals surface area contributed by atoms with Crippen LogP contribution in [0.5, 0.6) is 0 Å². The molecule has 17 heavy (non-hydrogen) atoms. The third-order valence-electron chi connectivity index (χ3n) is 2.74. The van der Waals surface area contributed by atoms with Gasteiger partial charge in [0, 0.05) is 17.3 Å². The lowest BCUT2D eigenvalue weighted by Crippen LogP contribution is -2.38. The average Bonchev–Trinajstić information content (AvgIpc) is 2.27. The smallest absolute Gasteiger partial charge is 0.261 e. The van der Waals surface area contributed by atoms with E-state index >= 15 is 0 Å². The monoisotopic (exact) mass is 313 g/mol. The average molecular weight is 314 g/mol. The van der Waals surface area contributed by atoms with E-state index in [0.29, 0.717) is 4.83 Å². The Labute approximate surface area is 108 Å². The molecule has 1 aliphatic carbocycles. The molecule has 0 aliphatic heterocycles. The van der Waals surface area contributed by atoms with E-state index in [1.54, 1.807) is 0 Å². The number of halogens is 3. The number of ether oxygens (including phenoxy) is 1. The van der Waals surface area contributed by atoms with Crippen LogP contribution in [0.2, 0.25) is 0 Å². The third kappa shape index (κ3) is 6.93. The van der Waals surface area contributed by atoms with E-state index in [-0.39, 0.29) is 25.0 Å². The first kappa shape index (κ1) is 14.8. The molecule has 1 rings (SSSR count). The number of nitrogens with one attached hydrogen (secondary N) is 1. The molecule has 0 unspecified atom stereocenters. The summed E-state index contributed by atoms with van der Waals surface area (Å²) in [6, 6.07) is 0.228. The van der Waals surface area contributed by atoms with Crippen LogP contribution >= 0.6 is 15.9 Å². The molecule has 3 nitrogen and oxygen atoms in total. The number of rotatable bonds is 6. The molecule has 100 valence electrons. The Morgan fingerprint density at radius 2 is 2.00 bits per heavy atom. The van der Waals surface area contributed by atoms with E-state index in [1.807, 2.05) is 0 Å². The molecule has 0 aromatic rings. The molecule has 6 heteroatoms. The molecule has 0 heterocycles. The summed E-state index contributed by atoms with van der Waals surface area (Å²) in [5.74, 6) is -0.114. The van der Waals surface area contributed by atoms with Crippen LogP contribution in [0.4, 0.5) is 8.78 Å². The van der Waals surface area contributed by atoms with Gasteiger partial charge in [-0.3, -0.25) is 4.79 Å². The summed E-state index contributed by atoms with van der Waals surface area (Å²) in [4.78, 5) is 12.0. The van der Waals surface area contributed by atoms with Gasteiger partial charge in [-0.05, 0) is 25.7 Å². The van der Waals surface area contributed by atoms with E-state index in [1.165, 1.54) is 0 Å². The third-order valence-corrected chi connectivity index (χ3v) is 3.65. The molecule has 1 fully saturated rings. The number of carbonyl (C=O) groups is 1. The number of hydrogen-bond acceptors (Lipinski definition) is 2. The summed E-state index contributed by atoms with van der Waals surface area (Å²) in [6.07, 6.45) is 1.76. The summed E-state index contributed by atoms with van der Waals surface area (Å²) < 4.78 is 28.1. The van der Waals surface area contributed by atoms with Gasteiger partial charge in [-0.15, -0.1) is 0 Å². The Kier molecular flexibility index (Phi) is 6.96. The lowest BCUT2D eigenvalue weighted by atomic mass is 9.95. The molecular weight excluding hydrogens is 296 g/mol. The Balaban J connectivity index is 2.04. The maximum Gasteiger partial charge on any atom is 0.261 e. The van der Waals surface area contributed by atoms with E-state index in [9.17, 15) is 13.6 Å². The van der Waals surface area contributed by atoms with Crippen LogP contribution in [0.15, 0.2) is 0 Å². The number of carbonyl (C=O) groups excluding carboxylic acids is 1. The van der Waals surface area contributed by atoms with Gasteiger partial charge < -0.3 is 10.1 Å². The van der Waals surface area contributed by atoms with E-state index in [2.05, 4.69) is 26.0 Å². The summed E-state index contributed by atoms with van der Waals surface area (Å²) in [6.45, 7) is -0.536. The molecule has 0 spiro atoms. The van der Waals surface area contributed by atoms with Crippen LogP contribution in [0, 0.1) is 0 Å². The highest BCUT2D eigenvalue weighted by molar-refractivity contribution is 9.09. The van der Waals surface area contributed by atoms with Crippen molar-refractivity contribution in [3.63, 3.8) is 0 Å². The van der Waals surface area contributed by atoms with Crippen molar-refractivity contribution in [3.8, 4) is 0 Å². The first-order valence-electron chi connectivity index (χ1n) is 5.87. The number of amides is 1. The first-order chi connectivity index (χ1) is 8.08.